The smallest absolute Gasteiger partial charge is 0.257 e. The lowest BCUT2D eigenvalue weighted by atomic mass is 10.2. The SMILES string of the molecule is CN1CCNCC1c1noc(-c2ccc(N3CCCS3(=O)=O)cc2)n1.Cl. The van der Waals surface area contributed by atoms with Gasteiger partial charge in [-0.05, 0) is 37.7 Å². The van der Waals surface area contributed by atoms with Gasteiger partial charge in [-0.1, -0.05) is 5.16 Å². The largest absolute Gasteiger partial charge is 0.334 e. The minimum absolute atomic E-state index is 0. The van der Waals surface area contributed by atoms with E-state index in [0.717, 1.165) is 25.2 Å². The van der Waals surface area contributed by atoms with Gasteiger partial charge in [0, 0.05) is 31.7 Å². The molecule has 1 atom stereocenters. The lowest BCUT2D eigenvalue weighted by Crippen LogP contribution is -2.44. The number of aromatic nitrogens is 2. The highest BCUT2D eigenvalue weighted by Gasteiger charge is 2.29. The number of hydrogen-bond donors (Lipinski definition) is 1. The molecule has 0 aliphatic carbocycles. The van der Waals surface area contributed by atoms with Crippen molar-refractivity contribution in [3.63, 3.8) is 0 Å². The minimum atomic E-state index is -3.16. The maximum Gasteiger partial charge on any atom is 0.257 e. The number of rotatable bonds is 3. The Morgan fingerprint density at radius 3 is 2.65 bits per heavy atom. The van der Waals surface area contributed by atoms with Crippen LogP contribution in [0.4, 0.5) is 5.69 Å². The number of anilines is 1. The van der Waals surface area contributed by atoms with Crippen LogP contribution in [0.25, 0.3) is 11.5 Å². The van der Waals surface area contributed by atoms with Crippen LogP contribution in [-0.2, 0) is 10.0 Å². The molecule has 2 saturated heterocycles. The molecule has 10 heteroatoms. The molecule has 1 aromatic carbocycles. The first-order valence-electron chi connectivity index (χ1n) is 8.40. The molecular formula is C16H22ClN5O3S. The number of sulfonamides is 1. The molecule has 1 unspecified atom stereocenters. The van der Waals surface area contributed by atoms with Crippen LogP contribution >= 0.6 is 12.4 Å². The quantitative estimate of drug-likeness (QED) is 0.830. The van der Waals surface area contributed by atoms with Crippen LogP contribution in [-0.4, -0.2) is 62.4 Å². The van der Waals surface area contributed by atoms with E-state index in [1.165, 1.54) is 4.31 Å². The number of piperazine rings is 1. The summed E-state index contributed by atoms with van der Waals surface area (Å²) in [5, 5.41) is 7.45. The third-order valence-corrected chi connectivity index (χ3v) is 6.62. The first-order chi connectivity index (χ1) is 12.0. The predicted octanol–water partition coefficient (Wildman–Crippen LogP) is 1.27. The molecule has 26 heavy (non-hydrogen) atoms. The Labute approximate surface area is 159 Å². The lowest BCUT2D eigenvalue weighted by molar-refractivity contribution is 0.190. The van der Waals surface area contributed by atoms with Crippen LogP contribution in [0.1, 0.15) is 18.3 Å². The third kappa shape index (κ3) is 3.57. The molecule has 0 saturated carbocycles. The topological polar surface area (TPSA) is 91.6 Å². The van der Waals surface area contributed by atoms with E-state index in [0.29, 0.717) is 30.4 Å². The number of nitrogens with one attached hydrogen (secondary N) is 1. The molecular weight excluding hydrogens is 378 g/mol. The molecule has 1 aromatic heterocycles. The Bertz CT molecular complexity index is 855. The molecule has 8 nitrogen and oxygen atoms in total. The number of nitrogens with zero attached hydrogens (tertiary/aromatic N) is 4. The second kappa shape index (κ2) is 7.51. The molecule has 2 fully saturated rings. The average molecular weight is 400 g/mol. The van der Waals surface area contributed by atoms with Gasteiger partial charge in [-0.2, -0.15) is 4.98 Å². The monoisotopic (exact) mass is 399 g/mol. The van der Waals surface area contributed by atoms with Gasteiger partial charge in [0.15, 0.2) is 5.82 Å². The van der Waals surface area contributed by atoms with Crippen molar-refractivity contribution in [1.29, 1.82) is 0 Å². The van der Waals surface area contributed by atoms with Crippen molar-refractivity contribution >= 4 is 28.1 Å². The zero-order chi connectivity index (χ0) is 17.4. The molecule has 2 aromatic rings. The van der Waals surface area contributed by atoms with Crippen LogP contribution in [0.3, 0.4) is 0 Å². The molecule has 0 bridgehead atoms. The fourth-order valence-corrected chi connectivity index (χ4v) is 4.85. The number of likely N-dealkylation sites (N-methyl/N-ethyl adjacent to an activating group) is 1. The first-order valence-corrected chi connectivity index (χ1v) is 10.0. The Hall–Kier alpha value is -1.68. The van der Waals surface area contributed by atoms with E-state index in [1.807, 2.05) is 19.2 Å². The van der Waals surface area contributed by atoms with E-state index in [4.69, 9.17) is 4.52 Å². The summed E-state index contributed by atoms with van der Waals surface area (Å²) in [5.41, 5.74) is 1.46. The molecule has 2 aliphatic heterocycles. The standard InChI is InChI=1S/C16H21N5O3S.ClH/c1-20-9-7-17-11-14(20)15-18-16(24-19-15)12-3-5-13(6-4-12)21-8-2-10-25(21,22)23;/h3-6,14,17H,2,7-11H2,1H3;1H. The van der Waals surface area contributed by atoms with Gasteiger partial charge in [-0.15, -0.1) is 12.4 Å². The molecule has 2 aliphatic rings. The average Bonchev–Trinajstić information content (AvgIpc) is 3.22. The highest BCUT2D eigenvalue weighted by atomic mass is 35.5. The summed E-state index contributed by atoms with van der Waals surface area (Å²) in [6, 6.07) is 7.32. The molecule has 0 radical (unpaired) electrons. The maximum atomic E-state index is 12.0. The molecule has 0 amide bonds. The zero-order valence-electron chi connectivity index (χ0n) is 14.5. The molecule has 3 heterocycles. The van der Waals surface area contributed by atoms with Crippen molar-refractivity contribution in [2.75, 3.05) is 43.3 Å². The summed E-state index contributed by atoms with van der Waals surface area (Å²) in [6.07, 6.45) is 0.667. The fourth-order valence-electron chi connectivity index (χ4n) is 3.28. The molecule has 4 rings (SSSR count). The minimum Gasteiger partial charge on any atom is -0.334 e. The molecule has 142 valence electrons. The van der Waals surface area contributed by atoms with E-state index in [2.05, 4.69) is 20.4 Å². The second-order valence-corrected chi connectivity index (χ2v) is 8.46. The van der Waals surface area contributed by atoms with Crippen LogP contribution < -0.4 is 9.62 Å². The number of hydrogen-bond acceptors (Lipinski definition) is 7. The first kappa shape index (κ1) is 19.1. The molecule has 1 N–H and O–H groups in total. The summed E-state index contributed by atoms with van der Waals surface area (Å²) in [7, 11) is -1.12. The predicted molar refractivity (Wildman–Crippen MR) is 101 cm³/mol. The number of halogens is 1. The maximum absolute atomic E-state index is 12.0. The van der Waals surface area contributed by atoms with E-state index in [-0.39, 0.29) is 24.2 Å². The normalized spacial score (nSPS) is 23.0. The van der Waals surface area contributed by atoms with Gasteiger partial charge < -0.3 is 9.84 Å². The Balaban J connectivity index is 0.00000196. The van der Waals surface area contributed by atoms with Crippen molar-refractivity contribution < 1.29 is 12.9 Å². The number of benzene rings is 1. The summed E-state index contributed by atoms with van der Waals surface area (Å²) in [6.45, 7) is 3.22. The van der Waals surface area contributed by atoms with Crippen molar-refractivity contribution in [2.45, 2.75) is 12.5 Å². The fraction of sp³-hybridized carbons (Fsp3) is 0.500. The van der Waals surface area contributed by atoms with Crippen molar-refractivity contribution in [2.24, 2.45) is 0 Å². The van der Waals surface area contributed by atoms with Crippen LogP contribution in [0.2, 0.25) is 0 Å². The summed E-state index contributed by atoms with van der Waals surface area (Å²) in [5.74, 6) is 1.32. The van der Waals surface area contributed by atoms with E-state index in [1.54, 1.807) is 12.1 Å². The lowest BCUT2D eigenvalue weighted by Gasteiger charge is -2.30. The van der Waals surface area contributed by atoms with Crippen molar-refractivity contribution in [1.82, 2.24) is 20.4 Å². The van der Waals surface area contributed by atoms with Gasteiger partial charge in [0.2, 0.25) is 10.0 Å². The van der Waals surface area contributed by atoms with Crippen molar-refractivity contribution in [3.8, 4) is 11.5 Å². The summed E-state index contributed by atoms with van der Waals surface area (Å²) < 4.78 is 30.9. The van der Waals surface area contributed by atoms with Crippen LogP contribution in [0, 0.1) is 0 Å². The van der Waals surface area contributed by atoms with Crippen LogP contribution in [0.15, 0.2) is 28.8 Å². The Morgan fingerprint density at radius 1 is 1.23 bits per heavy atom. The highest BCUT2D eigenvalue weighted by molar-refractivity contribution is 7.93. The zero-order valence-corrected chi connectivity index (χ0v) is 16.1. The van der Waals surface area contributed by atoms with Crippen molar-refractivity contribution in [3.05, 3.63) is 30.1 Å². The highest BCUT2D eigenvalue weighted by Crippen LogP contribution is 2.28. The molecule has 0 spiro atoms. The Morgan fingerprint density at radius 2 is 2.00 bits per heavy atom. The van der Waals surface area contributed by atoms with Gasteiger partial charge in [0.25, 0.3) is 5.89 Å². The van der Waals surface area contributed by atoms with Gasteiger partial charge >= 0.3 is 0 Å². The van der Waals surface area contributed by atoms with Gasteiger partial charge in [0.05, 0.1) is 17.5 Å². The Kier molecular flexibility index (Phi) is 5.52. The van der Waals surface area contributed by atoms with E-state index < -0.39 is 10.0 Å². The van der Waals surface area contributed by atoms with Gasteiger partial charge in [-0.3, -0.25) is 9.21 Å². The van der Waals surface area contributed by atoms with E-state index in [9.17, 15) is 8.42 Å². The third-order valence-electron chi connectivity index (χ3n) is 4.75. The summed E-state index contributed by atoms with van der Waals surface area (Å²) >= 11 is 0. The van der Waals surface area contributed by atoms with E-state index >= 15 is 0 Å². The summed E-state index contributed by atoms with van der Waals surface area (Å²) in [4.78, 5) is 6.72. The van der Waals surface area contributed by atoms with Gasteiger partial charge in [-0.25, -0.2) is 8.42 Å². The second-order valence-electron chi connectivity index (χ2n) is 6.45. The van der Waals surface area contributed by atoms with Gasteiger partial charge in [0.1, 0.15) is 0 Å². The van der Waals surface area contributed by atoms with Crippen LogP contribution in [0.5, 0.6) is 0 Å².